The third kappa shape index (κ3) is 3.94. The molecule has 0 unspecified atom stereocenters. The van der Waals surface area contributed by atoms with Crippen molar-refractivity contribution in [3.63, 3.8) is 0 Å². The number of rotatable bonds is 5. The average Bonchev–Trinajstić information content (AvgIpc) is 2.92. The molecule has 6 heteroatoms. The van der Waals surface area contributed by atoms with Gasteiger partial charge < -0.3 is 15.1 Å². The summed E-state index contributed by atoms with van der Waals surface area (Å²) in [7, 11) is 0. The van der Waals surface area contributed by atoms with E-state index in [9.17, 15) is 9.59 Å². The molecule has 2 aromatic heterocycles. The maximum atomic E-state index is 11.7. The average molecular weight is 273 g/mol. The zero-order valence-electron chi connectivity index (χ0n) is 11.1. The molecule has 2 aromatic rings. The summed E-state index contributed by atoms with van der Waals surface area (Å²) in [6.45, 7) is 2.15. The fourth-order valence-corrected chi connectivity index (χ4v) is 1.59. The molecule has 2 N–H and O–H groups in total. The van der Waals surface area contributed by atoms with Crippen LogP contribution in [0.1, 0.15) is 22.5 Å². The minimum Gasteiger partial charge on any atom is -0.459 e. The van der Waals surface area contributed by atoms with Crippen LogP contribution in [0.15, 0.2) is 41.1 Å². The van der Waals surface area contributed by atoms with Crippen molar-refractivity contribution in [3.05, 3.63) is 48.0 Å². The second-order valence-corrected chi connectivity index (χ2v) is 4.25. The summed E-state index contributed by atoms with van der Waals surface area (Å²) < 4.78 is 4.94. The summed E-state index contributed by atoms with van der Waals surface area (Å²) in [6, 6.07) is 6.82. The highest BCUT2D eigenvalue weighted by molar-refractivity contribution is 5.93. The largest absolute Gasteiger partial charge is 0.459 e. The van der Waals surface area contributed by atoms with Gasteiger partial charge in [-0.2, -0.15) is 0 Å². The van der Waals surface area contributed by atoms with E-state index in [4.69, 9.17) is 4.42 Å². The Morgan fingerprint density at radius 1 is 1.35 bits per heavy atom. The van der Waals surface area contributed by atoms with Gasteiger partial charge in [0.2, 0.25) is 5.91 Å². The number of carbonyl (C=O) groups excluding carboxylic acids is 2. The first-order valence-electron chi connectivity index (χ1n) is 6.19. The number of hydrogen-bond acceptors (Lipinski definition) is 4. The van der Waals surface area contributed by atoms with Gasteiger partial charge >= 0.3 is 0 Å². The molecule has 2 heterocycles. The molecular weight excluding hydrogens is 258 g/mol. The molecular formula is C14H15N3O3. The van der Waals surface area contributed by atoms with E-state index in [1.54, 1.807) is 24.4 Å². The number of aryl methyl sites for hydroxylation is 1. The topological polar surface area (TPSA) is 84.2 Å². The number of pyridine rings is 1. The molecule has 0 aromatic carbocycles. The van der Waals surface area contributed by atoms with Crippen molar-refractivity contribution in [2.75, 3.05) is 11.9 Å². The summed E-state index contributed by atoms with van der Waals surface area (Å²) in [4.78, 5) is 27.2. The number of nitrogens with one attached hydrogen (secondary N) is 2. The number of anilines is 1. The van der Waals surface area contributed by atoms with E-state index in [2.05, 4.69) is 15.6 Å². The van der Waals surface area contributed by atoms with Crippen LogP contribution in [0.2, 0.25) is 0 Å². The minimum atomic E-state index is -0.337. The van der Waals surface area contributed by atoms with Crippen LogP contribution in [0.5, 0.6) is 0 Å². The molecule has 0 radical (unpaired) electrons. The van der Waals surface area contributed by atoms with Gasteiger partial charge in [0.05, 0.1) is 6.26 Å². The van der Waals surface area contributed by atoms with Gasteiger partial charge in [0.25, 0.3) is 5.91 Å². The fraction of sp³-hybridized carbons (Fsp3) is 0.214. The first-order valence-corrected chi connectivity index (χ1v) is 6.19. The van der Waals surface area contributed by atoms with Crippen molar-refractivity contribution in [2.24, 2.45) is 0 Å². The maximum absolute atomic E-state index is 11.7. The Labute approximate surface area is 116 Å². The molecule has 6 nitrogen and oxygen atoms in total. The van der Waals surface area contributed by atoms with Gasteiger partial charge in [-0.15, -0.1) is 0 Å². The fourth-order valence-electron chi connectivity index (χ4n) is 1.59. The normalized spacial score (nSPS) is 10.1. The van der Waals surface area contributed by atoms with E-state index in [0.717, 1.165) is 5.56 Å². The lowest BCUT2D eigenvalue weighted by Gasteiger charge is -2.05. The molecule has 20 heavy (non-hydrogen) atoms. The van der Waals surface area contributed by atoms with E-state index < -0.39 is 0 Å². The maximum Gasteiger partial charge on any atom is 0.286 e. The van der Waals surface area contributed by atoms with Gasteiger partial charge in [-0.25, -0.2) is 4.98 Å². The highest BCUT2D eigenvalue weighted by Crippen LogP contribution is 2.05. The SMILES string of the molecule is Cc1ccnc(NC(=O)CCNC(=O)c2ccco2)c1. The highest BCUT2D eigenvalue weighted by atomic mass is 16.3. The molecule has 0 bridgehead atoms. The van der Waals surface area contributed by atoms with E-state index in [1.165, 1.54) is 6.26 Å². The Kier molecular flexibility index (Phi) is 4.49. The first-order chi connectivity index (χ1) is 9.65. The van der Waals surface area contributed by atoms with Crippen molar-refractivity contribution in [1.82, 2.24) is 10.3 Å². The molecule has 104 valence electrons. The van der Waals surface area contributed by atoms with Gasteiger partial charge in [-0.05, 0) is 36.8 Å². The molecule has 0 saturated carbocycles. The van der Waals surface area contributed by atoms with E-state index in [-0.39, 0.29) is 30.5 Å². The summed E-state index contributed by atoms with van der Waals surface area (Å²) >= 11 is 0. The van der Waals surface area contributed by atoms with Crippen molar-refractivity contribution in [3.8, 4) is 0 Å². The van der Waals surface area contributed by atoms with Gasteiger partial charge in [-0.3, -0.25) is 9.59 Å². The third-order valence-corrected chi connectivity index (χ3v) is 2.57. The molecule has 0 aliphatic rings. The van der Waals surface area contributed by atoms with E-state index in [0.29, 0.717) is 5.82 Å². The smallest absolute Gasteiger partial charge is 0.286 e. The monoisotopic (exact) mass is 273 g/mol. The summed E-state index contributed by atoms with van der Waals surface area (Å²) in [6.07, 6.45) is 3.22. The Bertz CT molecular complexity index is 593. The van der Waals surface area contributed by atoms with Crippen molar-refractivity contribution < 1.29 is 14.0 Å². The number of furan rings is 1. The van der Waals surface area contributed by atoms with Crippen molar-refractivity contribution in [2.45, 2.75) is 13.3 Å². The standard InChI is InChI=1S/C14H15N3O3/c1-10-4-6-15-12(9-10)17-13(18)5-7-16-14(19)11-3-2-8-20-11/h2-4,6,8-9H,5,7H2,1H3,(H,16,19)(H,15,17,18). The molecule has 0 aliphatic carbocycles. The zero-order chi connectivity index (χ0) is 14.4. The Hall–Kier alpha value is -2.63. The first kappa shape index (κ1) is 13.8. The van der Waals surface area contributed by atoms with Crippen LogP contribution in [0, 0.1) is 6.92 Å². The number of amides is 2. The Morgan fingerprint density at radius 2 is 2.20 bits per heavy atom. The van der Waals surface area contributed by atoms with Crippen LogP contribution in [-0.2, 0) is 4.79 Å². The summed E-state index contributed by atoms with van der Waals surface area (Å²) in [5, 5.41) is 5.27. The summed E-state index contributed by atoms with van der Waals surface area (Å²) in [5.74, 6) is 0.192. The van der Waals surface area contributed by atoms with Crippen LogP contribution in [0.3, 0.4) is 0 Å². The predicted octanol–water partition coefficient (Wildman–Crippen LogP) is 1.74. The zero-order valence-corrected chi connectivity index (χ0v) is 11.1. The second kappa shape index (κ2) is 6.51. The molecule has 2 rings (SSSR count). The van der Waals surface area contributed by atoms with Gasteiger partial charge in [0.1, 0.15) is 5.82 Å². The predicted molar refractivity (Wildman–Crippen MR) is 73.3 cm³/mol. The van der Waals surface area contributed by atoms with Crippen LogP contribution in [0.25, 0.3) is 0 Å². The highest BCUT2D eigenvalue weighted by Gasteiger charge is 2.09. The van der Waals surface area contributed by atoms with E-state index >= 15 is 0 Å². The van der Waals surface area contributed by atoms with Gasteiger partial charge in [0, 0.05) is 19.2 Å². The Morgan fingerprint density at radius 3 is 2.90 bits per heavy atom. The molecule has 0 saturated heterocycles. The molecule has 0 fully saturated rings. The number of carbonyl (C=O) groups is 2. The lowest BCUT2D eigenvalue weighted by atomic mass is 10.3. The molecule has 0 spiro atoms. The summed E-state index contributed by atoms with van der Waals surface area (Å²) in [5.41, 5.74) is 1.02. The lowest BCUT2D eigenvalue weighted by Crippen LogP contribution is -2.27. The minimum absolute atomic E-state index is 0.169. The van der Waals surface area contributed by atoms with Crippen LogP contribution in [0.4, 0.5) is 5.82 Å². The lowest BCUT2D eigenvalue weighted by molar-refractivity contribution is -0.116. The second-order valence-electron chi connectivity index (χ2n) is 4.25. The number of nitrogens with zero attached hydrogens (tertiary/aromatic N) is 1. The molecule has 2 amide bonds. The molecule has 0 aliphatic heterocycles. The Balaban J connectivity index is 1.74. The number of aromatic nitrogens is 1. The van der Waals surface area contributed by atoms with Crippen molar-refractivity contribution >= 4 is 17.6 Å². The van der Waals surface area contributed by atoms with Gasteiger partial charge in [-0.1, -0.05) is 0 Å². The third-order valence-electron chi connectivity index (χ3n) is 2.57. The number of hydrogen-bond donors (Lipinski definition) is 2. The van der Waals surface area contributed by atoms with Crippen molar-refractivity contribution in [1.29, 1.82) is 0 Å². The van der Waals surface area contributed by atoms with Crippen LogP contribution in [-0.4, -0.2) is 23.3 Å². The van der Waals surface area contributed by atoms with E-state index in [1.807, 2.05) is 13.0 Å². The quantitative estimate of drug-likeness (QED) is 0.869. The van der Waals surface area contributed by atoms with Crippen LogP contribution >= 0.6 is 0 Å². The van der Waals surface area contributed by atoms with Crippen LogP contribution < -0.4 is 10.6 Å². The molecule has 0 atom stereocenters. The van der Waals surface area contributed by atoms with Gasteiger partial charge in [0.15, 0.2) is 5.76 Å².